The van der Waals surface area contributed by atoms with Crippen LogP contribution >= 0.6 is 11.6 Å². The molecule has 0 saturated carbocycles. The Bertz CT molecular complexity index is 1280. The van der Waals surface area contributed by atoms with Crippen LogP contribution in [-0.2, 0) is 11.2 Å². The number of nitrogens with zero attached hydrogens (tertiary/aromatic N) is 4. The highest BCUT2D eigenvalue weighted by Crippen LogP contribution is 2.35. The average molecular weight is 458 g/mol. The number of aromatic amines is 1. The van der Waals surface area contributed by atoms with Crippen LogP contribution in [0.5, 0.6) is 0 Å². The van der Waals surface area contributed by atoms with Gasteiger partial charge < -0.3 is 9.52 Å². The smallest absolute Gasteiger partial charge is 0.303 e. The van der Waals surface area contributed by atoms with Crippen molar-refractivity contribution in [3.63, 3.8) is 0 Å². The molecule has 0 radical (unpaired) electrons. The van der Waals surface area contributed by atoms with Crippen molar-refractivity contribution in [1.29, 1.82) is 0 Å². The molecule has 166 valence electrons. The SMILES string of the molecule is CC(C)(C)[C@@H](CC(=O)O)Cc1nc(-c2[nH]nc3ncc(Cl)cc23)nc(-c2ccco2)c1F. The summed E-state index contributed by atoms with van der Waals surface area (Å²) in [5, 5.41) is 17.4. The second-order valence-electron chi connectivity index (χ2n) is 8.62. The van der Waals surface area contributed by atoms with E-state index in [0.29, 0.717) is 21.7 Å². The van der Waals surface area contributed by atoms with Crippen LogP contribution in [0.4, 0.5) is 4.39 Å². The Morgan fingerprint density at radius 2 is 2.12 bits per heavy atom. The summed E-state index contributed by atoms with van der Waals surface area (Å²) < 4.78 is 20.9. The van der Waals surface area contributed by atoms with Crippen LogP contribution in [0.2, 0.25) is 5.02 Å². The van der Waals surface area contributed by atoms with E-state index in [1.54, 1.807) is 18.2 Å². The van der Waals surface area contributed by atoms with E-state index in [4.69, 9.17) is 16.0 Å². The van der Waals surface area contributed by atoms with Gasteiger partial charge >= 0.3 is 5.97 Å². The highest BCUT2D eigenvalue weighted by Gasteiger charge is 2.30. The topological polar surface area (TPSA) is 118 Å². The van der Waals surface area contributed by atoms with Crippen LogP contribution in [-0.4, -0.2) is 36.2 Å². The van der Waals surface area contributed by atoms with Gasteiger partial charge in [-0.2, -0.15) is 5.10 Å². The Balaban J connectivity index is 1.89. The summed E-state index contributed by atoms with van der Waals surface area (Å²) in [5.74, 6) is -1.55. The van der Waals surface area contributed by atoms with Gasteiger partial charge in [-0.05, 0) is 36.0 Å². The lowest BCUT2D eigenvalue weighted by molar-refractivity contribution is -0.139. The molecule has 0 bridgehead atoms. The second kappa shape index (κ2) is 8.31. The summed E-state index contributed by atoms with van der Waals surface area (Å²) in [5.41, 5.74) is 0.529. The maximum atomic E-state index is 15.5. The van der Waals surface area contributed by atoms with E-state index in [1.807, 2.05) is 20.8 Å². The van der Waals surface area contributed by atoms with E-state index >= 15 is 4.39 Å². The molecule has 0 saturated heterocycles. The van der Waals surface area contributed by atoms with Crippen molar-refractivity contribution in [3.05, 3.63) is 47.2 Å². The molecule has 0 aliphatic carbocycles. The summed E-state index contributed by atoms with van der Waals surface area (Å²) in [7, 11) is 0. The third-order valence-corrected chi connectivity index (χ3v) is 5.57. The predicted octanol–water partition coefficient (Wildman–Crippen LogP) is 5.15. The fourth-order valence-electron chi connectivity index (χ4n) is 3.49. The first-order chi connectivity index (χ1) is 15.1. The molecule has 0 amide bonds. The van der Waals surface area contributed by atoms with E-state index < -0.39 is 11.8 Å². The fraction of sp³-hybridized carbons (Fsp3) is 0.318. The molecule has 0 aliphatic heterocycles. The monoisotopic (exact) mass is 457 g/mol. The molecule has 4 rings (SSSR count). The number of fused-ring (bicyclic) bond motifs is 1. The number of carboxylic acid groups (broad SMARTS) is 1. The van der Waals surface area contributed by atoms with E-state index in [9.17, 15) is 9.90 Å². The van der Waals surface area contributed by atoms with Crippen LogP contribution in [0.3, 0.4) is 0 Å². The Morgan fingerprint density at radius 3 is 2.78 bits per heavy atom. The standard InChI is InChI=1S/C22H21ClFN5O3/c1-22(2,3)11(8-16(30)31)7-14-17(24)19(15-5-4-6-32-15)27-21(26-14)18-13-9-12(23)10-25-20(13)29-28-18/h4-6,9-11H,7-8H2,1-3H3,(H,30,31)(H,25,28,29)/t11-/m1/s1. The zero-order valence-electron chi connectivity index (χ0n) is 17.7. The van der Waals surface area contributed by atoms with Crippen LogP contribution in [0.1, 0.15) is 32.9 Å². The van der Waals surface area contributed by atoms with E-state index in [2.05, 4.69) is 25.1 Å². The number of aliphatic carboxylic acids is 1. The molecule has 4 aromatic rings. The van der Waals surface area contributed by atoms with Gasteiger partial charge in [0, 0.05) is 12.6 Å². The number of carboxylic acids is 1. The molecule has 4 heterocycles. The van der Waals surface area contributed by atoms with Gasteiger partial charge in [0.2, 0.25) is 0 Å². The van der Waals surface area contributed by atoms with Crippen LogP contribution in [0.15, 0.2) is 35.1 Å². The molecular weight excluding hydrogens is 437 g/mol. The largest absolute Gasteiger partial charge is 0.481 e. The number of halogens is 2. The van der Waals surface area contributed by atoms with Crippen molar-refractivity contribution in [3.8, 4) is 23.0 Å². The Labute approximate surface area is 187 Å². The highest BCUT2D eigenvalue weighted by molar-refractivity contribution is 6.31. The molecule has 32 heavy (non-hydrogen) atoms. The molecular formula is C22H21ClFN5O3. The number of pyridine rings is 1. The van der Waals surface area contributed by atoms with Crippen molar-refractivity contribution >= 4 is 28.6 Å². The normalized spacial score (nSPS) is 12.9. The Hall–Kier alpha value is -3.33. The Morgan fingerprint density at radius 1 is 1.34 bits per heavy atom. The van der Waals surface area contributed by atoms with E-state index in [1.165, 1.54) is 12.5 Å². The first-order valence-corrected chi connectivity index (χ1v) is 10.3. The maximum Gasteiger partial charge on any atom is 0.303 e. The summed E-state index contributed by atoms with van der Waals surface area (Å²) in [4.78, 5) is 24.5. The van der Waals surface area contributed by atoms with E-state index in [0.717, 1.165) is 0 Å². The van der Waals surface area contributed by atoms with Crippen molar-refractivity contribution < 1.29 is 18.7 Å². The lowest BCUT2D eigenvalue weighted by Crippen LogP contribution is -2.26. The van der Waals surface area contributed by atoms with Crippen molar-refractivity contribution in [2.24, 2.45) is 11.3 Å². The lowest BCUT2D eigenvalue weighted by Gasteiger charge is -2.29. The number of nitrogens with one attached hydrogen (secondary N) is 1. The summed E-state index contributed by atoms with van der Waals surface area (Å²) in [6, 6.07) is 4.90. The number of H-pyrrole nitrogens is 1. The fourth-order valence-corrected chi connectivity index (χ4v) is 3.65. The second-order valence-corrected chi connectivity index (χ2v) is 9.06. The van der Waals surface area contributed by atoms with Gasteiger partial charge in [0.1, 0.15) is 11.4 Å². The molecule has 0 fully saturated rings. The first kappa shape index (κ1) is 21.9. The number of hydrogen-bond donors (Lipinski definition) is 2. The van der Waals surface area contributed by atoms with Gasteiger partial charge in [-0.3, -0.25) is 9.89 Å². The van der Waals surface area contributed by atoms with Crippen molar-refractivity contribution in [1.82, 2.24) is 25.1 Å². The number of hydrogen-bond acceptors (Lipinski definition) is 6. The zero-order valence-corrected chi connectivity index (χ0v) is 18.4. The highest BCUT2D eigenvalue weighted by atomic mass is 35.5. The van der Waals surface area contributed by atoms with Gasteiger partial charge in [-0.1, -0.05) is 32.4 Å². The summed E-state index contributed by atoms with van der Waals surface area (Å²) in [6.45, 7) is 5.76. The van der Waals surface area contributed by atoms with Crippen molar-refractivity contribution in [2.45, 2.75) is 33.6 Å². The third-order valence-electron chi connectivity index (χ3n) is 5.36. The first-order valence-electron chi connectivity index (χ1n) is 9.95. The molecule has 8 nitrogen and oxygen atoms in total. The van der Waals surface area contributed by atoms with Gasteiger partial charge in [0.05, 0.1) is 22.4 Å². The molecule has 0 aromatic carbocycles. The lowest BCUT2D eigenvalue weighted by atomic mass is 9.76. The van der Waals surface area contributed by atoms with Gasteiger partial charge in [-0.25, -0.2) is 19.3 Å². The molecule has 0 unspecified atom stereocenters. The van der Waals surface area contributed by atoms with Crippen LogP contribution in [0, 0.1) is 17.2 Å². The minimum absolute atomic E-state index is 0.0179. The maximum absolute atomic E-state index is 15.5. The predicted molar refractivity (Wildman–Crippen MR) is 116 cm³/mol. The van der Waals surface area contributed by atoms with Crippen molar-refractivity contribution in [2.75, 3.05) is 0 Å². The minimum Gasteiger partial charge on any atom is -0.481 e. The van der Waals surface area contributed by atoms with Crippen LogP contribution in [0.25, 0.3) is 34.0 Å². The van der Waals surface area contributed by atoms with Crippen LogP contribution < -0.4 is 0 Å². The third kappa shape index (κ3) is 4.34. The summed E-state index contributed by atoms with van der Waals surface area (Å²) >= 11 is 6.10. The Kier molecular flexibility index (Phi) is 5.68. The number of rotatable bonds is 6. The van der Waals surface area contributed by atoms with Gasteiger partial charge in [-0.15, -0.1) is 0 Å². The molecule has 0 spiro atoms. The molecule has 0 aliphatic rings. The van der Waals surface area contributed by atoms with Gasteiger partial charge in [0.15, 0.2) is 23.0 Å². The summed E-state index contributed by atoms with van der Waals surface area (Å²) in [6.07, 6.45) is 2.88. The molecule has 10 heteroatoms. The van der Waals surface area contributed by atoms with Gasteiger partial charge in [0.25, 0.3) is 0 Å². The molecule has 1 atom stereocenters. The number of aromatic nitrogens is 5. The molecule has 4 aromatic heterocycles. The zero-order chi connectivity index (χ0) is 23.0. The quantitative estimate of drug-likeness (QED) is 0.411. The number of furan rings is 1. The average Bonchev–Trinajstić information content (AvgIpc) is 3.37. The minimum atomic E-state index is -0.953. The number of carbonyl (C=O) groups is 1. The van der Waals surface area contributed by atoms with E-state index in [-0.39, 0.29) is 47.1 Å². The molecule has 2 N–H and O–H groups in total.